The summed E-state index contributed by atoms with van der Waals surface area (Å²) in [6.07, 6.45) is 0. The first-order valence-corrected chi connectivity index (χ1v) is 6.14. The maximum absolute atomic E-state index is 11.4. The normalized spacial score (nSPS) is 10.7. The number of anilines is 2. The monoisotopic (exact) mass is 306 g/mol. The molecule has 1 N–H and O–H groups in total. The van der Waals surface area contributed by atoms with Crippen LogP contribution < -0.4 is 10.2 Å². The minimum Gasteiger partial charge on any atom is -0.359 e. The van der Waals surface area contributed by atoms with Crippen LogP contribution in [0, 0.1) is 15.3 Å². The number of benzene rings is 2. The largest absolute Gasteiger partial charge is 0.359 e. The fraction of sp³-hybridized carbons (Fsp3) is 0. The smallest absolute Gasteiger partial charge is 0.316 e. The zero-order valence-corrected chi connectivity index (χ0v) is 11.1. The van der Waals surface area contributed by atoms with Gasteiger partial charge in [0.25, 0.3) is 5.52 Å². The Kier molecular flexibility index (Phi) is 3.07. The summed E-state index contributed by atoms with van der Waals surface area (Å²) in [5, 5.41) is 28.9. The van der Waals surface area contributed by atoms with Crippen molar-refractivity contribution < 1.29 is 14.5 Å². The Bertz CT molecular complexity index is 834. The van der Waals surface area contributed by atoms with E-state index in [1.807, 2.05) is 0 Å². The third-order valence-corrected chi connectivity index (χ3v) is 3.12. The molecule has 3 rings (SSSR count). The molecule has 9 heteroatoms. The predicted molar refractivity (Wildman–Crippen MR) is 74.4 cm³/mol. The minimum absolute atomic E-state index is 0.00373. The number of nitrogens with one attached hydrogen (secondary N) is 1. The highest BCUT2D eigenvalue weighted by Crippen LogP contribution is 2.39. The number of rotatable bonds is 3. The number of hydrogen-bond donors (Lipinski definition) is 1. The Morgan fingerprint density at radius 1 is 1.33 bits per heavy atom. The number of para-hydroxylation sites is 1. The standard InChI is InChI=1S/C12H7ClN4O4/c13-8-6-9-10(15-21-17(9)20)11(12(8)16(18)19)14-7-4-2-1-3-5-7/h1-6,14H. The van der Waals surface area contributed by atoms with Gasteiger partial charge in [0.1, 0.15) is 5.02 Å². The number of nitro benzene ring substituents is 1. The Labute approximate surface area is 122 Å². The van der Waals surface area contributed by atoms with Gasteiger partial charge in [0.05, 0.1) is 4.92 Å². The van der Waals surface area contributed by atoms with E-state index in [4.69, 9.17) is 11.6 Å². The summed E-state index contributed by atoms with van der Waals surface area (Å²) in [6.45, 7) is 0. The summed E-state index contributed by atoms with van der Waals surface area (Å²) in [4.78, 5) is 10.7. The van der Waals surface area contributed by atoms with E-state index < -0.39 is 4.92 Å². The van der Waals surface area contributed by atoms with Crippen LogP contribution in [0.15, 0.2) is 41.0 Å². The van der Waals surface area contributed by atoms with Gasteiger partial charge in [-0.1, -0.05) is 29.8 Å². The first-order chi connectivity index (χ1) is 10.1. The van der Waals surface area contributed by atoms with Crippen LogP contribution in [-0.4, -0.2) is 10.1 Å². The molecule has 0 aliphatic heterocycles. The molecule has 2 aromatic carbocycles. The van der Waals surface area contributed by atoms with Gasteiger partial charge in [0.15, 0.2) is 5.69 Å². The van der Waals surface area contributed by atoms with Crippen LogP contribution in [0.3, 0.4) is 0 Å². The molecule has 0 aliphatic rings. The highest BCUT2D eigenvalue weighted by atomic mass is 35.5. The highest BCUT2D eigenvalue weighted by Gasteiger charge is 2.29. The molecule has 0 fully saturated rings. The van der Waals surface area contributed by atoms with Gasteiger partial charge >= 0.3 is 5.69 Å². The molecule has 0 amide bonds. The lowest BCUT2D eigenvalue weighted by atomic mass is 10.2. The molecule has 1 heterocycles. The van der Waals surface area contributed by atoms with E-state index >= 15 is 0 Å². The summed E-state index contributed by atoms with van der Waals surface area (Å²) in [7, 11) is 0. The van der Waals surface area contributed by atoms with Crippen molar-refractivity contribution in [1.29, 1.82) is 0 Å². The number of halogens is 1. The fourth-order valence-corrected chi connectivity index (χ4v) is 2.20. The molecule has 21 heavy (non-hydrogen) atoms. The second kappa shape index (κ2) is 4.91. The van der Waals surface area contributed by atoms with E-state index in [-0.39, 0.29) is 32.3 Å². The molecule has 0 saturated carbocycles. The van der Waals surface area contributed by atoms with Gasteiger partial charge in [0, 0.05) is 16.9 Å². The fourth-order valence-electron chi connectivity index (χ4n) is 1.93. The summed E-state index contributed by atoms with van der Waals surface area (Å²) in [5.41, 5.74) is 0.257. The van der Waals surface area contributed by atoms with Gasteiger partial charge in [-0.15, -0.1) is 0 Å². The van der Waals surface area contributed by atoms with Gasteiger partial charge < -0.3 is 10.5 Å². The molecule has 0 bridgehead atoms. The molecular weight excluding hydrogens is 300 g/mol. The van der Waals surface area contributed by atoms with Gasteiger partial charge in [-0.2, -0.15) is 0 Å². The lowest BCUT2D eigenvalue weighted by Gasteiger charge is -2.06. The minimum atomic E-state index is -0.642. The van der Waals surface area contributed by atoms with E-state index in [0.29, 0.717) is 5.69 Å². The maximum Gasteiger partial charge on any atom is 0.316 e. The Hall–Kier alpha value is -2.87. The summed E-state index contributed by atoms with van der Waals surface area (Å²) in [5.74, 6) is 0. The molecule has 0 atom stereocenters. The number of hydrogen-bond acceptors (Lipinski definition) is 6. The second-order valence-electron chi connectivity index (χ2n) is 4.13. The summed E-state index contributed by atoms with van der Waals surface area (Å²) < 4.78 is 4.47. The van der Waals surface area contributed by atoms with E-state index in [9.17, 15) is 15.3 Å². The third kappa shape index (κ3) is 2.21. The van der Waals surface area contributed by atoms with Crippen LogP contribution in [0.1, 0.15) is 0 Å². The van der Waals surface area contributed by atoms with Crippen molar-refractivity contribution in [2.45, 2.75) is 0 Å². The van der Waals surface area contributed by atoms with Crippen LogP contribution >= 0.6 is 11.6 Å². The average Bonchev–Trinajstić information content (AvgIpc) is 2.81. The summed E-state index contributed by atoms with van der Waals surface area (Å²) in [6, 6.07) is 9.88. The van der Waals surface area contributed by atoms with Gasteiger partial charge in [-0.25, -0.2) is 0 Å². The van der Waals surface area contributed by atoms with Crippen LogP contribution in [0.2, 0.25) is 5.02 Å². The van der Waals surface area contributed by atoms with Gasteiger partial charge in [-0.05, 0) is 17.0 Å². The van der Waals surface area contributed by atoms with Crippen molar-refractivity contribution in [2.24, 2.45) is 0 Å². The topological polar surface area (TPSA) is 108 Å². The molecule has 0 aliphatic carbocycles. The van der Waals surface area contributed by atoms with Crippen molar-refractivity contribution in [1.82, 2.24) is 5.16 Å². The lowest BCUT2D eigenvalue weighted by molar-refractivity contribution is -0.782. The first kappa shape index (κ1) is 13.1. The number of nitrogens with zero attached hydrogens (tertiary/aromatic N) is 3. The van der Waals surface area contributed by atoms with E-state index in [1.165, 1.54) is 0 Å². The van der Waals surface area contributed by atoms with E-state index in [0.717, 1.165) is 6.07 Å². The van der Waals surface area contributed by atoms with Crippen LogP contribution in [0.25, 0.3) is 11.0 Å². The number of aromatic nitrogens is 2. The lowest BCUT2D eigenvalue weighted by Crippen LogP contribution is -2.22. The van der Waals surface area contributed by atoms with Gasteiger partial charge in [0.2, 0.25) is 5.52 Å². The molecule has 0 radical (unpaired) electrons. The average molecular weight is 307 g/mol. The van der Waals surface area contributed by atoms with Crippen molar-refractivity contribution >= 4 is 39.7 Å². The zero-order valence-electron chi connectivity index (χ0n) is 10.3. The van der Waals surface area contributed by atoms with Gasteiger partial charge in [-0.3, -0.25) is 14.7 Å². The molecule has 1 aromatic heterocycles. The predicted octanol–water partition coefficient (Wildman–Crippen LogP) is 2.77. The van der Waals surface area contributed by atoms with E-state index in [2.05, 4.69) is 15.1 Å². The SMILES string of the molecule is O=[N+]([O-])c1c(Cl)cc2c(no[n+]2[O-])c1Nc1ccccc1. The first-order valence-electron chi connectivity index (χ1n) is 5.76. The maximum atomic E-state index is 11.4. The molecule has 0 spiro atoms. The molecule has 0 unspecified atom stereocenters. The van der Waals surface area contributed by atoms with Crippen molar-refractivity contribution in [3.63, 3.8) is 0 Å². The molecule has 8 nitrogen and oxygen atoms in total. The quantitative estimate of drug-likeness (QED) is 0.453. The van der Waals surface area contributed by atoms with Crippen molar-refractivity contribution in [2.75, 3.05) is 5.32 Å². The Balaban J connectivity index is 2.27. The van der Waals surface area contributed by atoms with Crippen LogP contribution in [0.5, 0.6) is 0 Å². The molecule has 0 saturated heterocycles. The summed E-state index contributed by atoms with van der Waals surface area (Å²) >= 11 is 5.90. The zero-order chi connectivity index (χ0) is 15.0. The number of fused-ring (bicyclic) bond motifs is 1. The molecular formula is C12H7ClN4O4. The Morgan fingerprint density at radius 3 is 2.71 bits per heavy atom. The van der Waals surface area contributed by atoms with Crippen molar-refractivity contribution in [3.8, 4) is 0 Å². The third-order valence-electron chi connectivity index (χ3n) is 2.83. The highest BCUT2D eigenvalue weighted by molar-refractivity contribution is 6.34. The Morgan fingerprint density at radius 2 is 2.05 bits per heavy atom. The van der Waals surface area contributed by atoms with Crippen LogP contribution in [0.4, 0.5) is 17.1 Å². The van der Waals surface area contributed by atoms with Crippen molar-refractivity contribution in [3.05, 3.63) is 56.7 Å². The number of nitro groups is 1. The van der Waals surface area contributed by atoms with E-state index in [1.54, 1.807) is 30.3 Å². The second-order valence-corrected chi connectivity index (χ2v) is 4.54. The molecule has 106 valence electrons. The van der Waals surface area contributed by atoms with Crippen LogP contribution in [-0.2, 0) is 0 Å². The molecule has 3 aromatic rings.